The minimum atomic E-state index is -4.45. The number of hydrogen-bond donors (Lipinski definition) is 0. The van der Waals surface area contributed by atoms with Crippen LogP contribution in [0.4, 0.5) is 13.2 Å². The van der Waals surface area contributed by atoms with Crippen molar-refractivity contribution in [3.8, 4) is 11.3 Å². The molecule has 2 aromatic carbocycles. The lowest BCUT2D eigenvalue weighted by atomic mass is 9.84. The number of amides is 1. The molecule has 1 aromatic heterocycles. The number of nitrogens with zero attached hydrogens (tertiary/aromatic N) is 2. The van der Waals surface area contributed by atoms with Crippen molar-refractivity contribution in [2.45, 2.75) is 51.7 Å². The van der Waals surface area contributed by atoms with E-state index in [2.05, 4.69) is 4.57 Å². The minimum absolute atomic E-state index is 0.109. The SMILES string of the molecule is Cc1c(C(=O)Cc2cccc(C(F)(F)F)c2)cc(-c2ccccc2)n1CCCN(C)C(=O)C1CCC1. The standard InChI is InChI=1S/C29H31F3N2O2/c1-20-25(27(35)18-21-9-6-14-24(17-21)29(30,31)32)19-26(22-10-4-3-5-11-22)34(20)16-8-15-33(2)28(36)23-12-7-13-23/h3-6,9-11,14,17,19,23H,7-8,12-13,15-16,18H2,1-2H3. The van der Waals surface area contributed by atoms with Gasteiger partial charge in [-0.25, -0.2) is 0 Å². The number of carbonyl (C=O) groups is 2. The Morgan fingerprint density at radius 3 is 2.39 bits per heavy atom. The maximum atomic E-state index is 13.2. The van der Waals surface area contributed by atoms with E-state index in [-0.39, 0.29) is 24.0 Å². The summed E-state index contributed by atoms with van der Waals surface area (Å²) in [7, 11) is 1.84. The normalized spacial score (nSPS) is 13.9. The molecule has 1 amide bonds. The largest absolute Gasteiger partial charge is 0.416 e. The number of ketones is 1. The van der Waals surface area contributed by atoms with Gasteiger partial charge in [-0.2, -0.15) is 13.2 Å². The Labute approximate surface area is 209 Å². The van der Waals surface area contributed by atoms with E-state index in [1.807, 2.05) is 50.4 Å². The maximum Gasteiger partial charge on any atom is 0.416 e. The molecule has 0 radical (unpaired) electrons. The van der Waals surface area contributed by atoms with E-state index in [9.17, 15) is 22.8 Å². The topological polar surface area (TPSA) is 42.3 Å². The molecule has 4 rings (SSSR count). The van der Waals surface area contributed by atoms with Crippen LogP contribution >= 0.6 is 0 Å². The third kappa shape index (κ3) is 5.72. The first kappa shape index (κ1) is 25.7. The fourth-order valence-electron chi connectivity index (χ4n) is 4.74. The van der Waals surface area contributed by atoms with Gasteiger partial charge < -0.3 is 9.47 Å². The molecule has 1 heterocycles. The van der Waals surface area contributed by atoms with E-state index in [0.29, 0.717) is 24.2 Å². The van der Waals surface area contributed by atoms with E-state index in [1.54, 1.807) is 11.0 Å². The number of aromatic nitrogens is 1. The van der Waals surface area contributed by atoms with Crippen LogP contribution in [0.15, 0.2) is 60.7 Å². The van der Waals surface area contributed by atoms with Crippen LogP contribution in [0.25, 0.3) is 11.3 Å². The average Bonchev–Trinajstić information content (AvgIpc) is 3.14. The Hall–Kier alpha value is -3.35. The molecule has 0 N–H and O–H groups in total. The molecular formula is C29H31F3N2O2. The van der Waals surface area contributed by atoms with Gasteiger partial charge in [-0.15, -0.1) is 0 Å². The summed E-state index contributed by atoms with van der Waals surface area (Å²) in [5.41, 5.74) is 2.70. The van der Waals surface area contributed by atoms with Crippen molar-refractivity contribution in [3.05, 3.63) is 83.0 Å². The summed E-state index contributed by atoms with van der Waals surface area (Å²) in [6, 6.07) is 16.5. The number of alkyl halides is 3. The van der Waals surface area contributed by atoms with E-state index in [4.69, 9.17) is 0 Å². The molecule has 0 aliphatic heterocycles. The van der Waals surface area contributed by atoms with Gasteiger partial charge in [0.25, 0.3) is 0 Å². The van der Waals surface area contributed by atoms with Gasteiger partial charge in [-0.05, 0) is 49.4 Å². The smallest absolute Gasteiger partial charge is 0.345 e. The van der Waals surface area contributed by atoms with Gasteiger partial charge in [0.15, 0.2) is 5.78 Å². The number of hydrogen-bond acceptors (Lipinski definition) is 2. The van der Waals surface area contributed by atoms with Crippen molar-refractivity contribution in [1.29, 1.82) is 0 Å². The van der Waals surface area contributed by atoms with Crippen molar-refractivity contribution >= 4 is 11.7 Å². The first-order valence-corrected chi connectivity index (χ1v) is 12.3. The molecule has 0 atom stereocenters. The molecule has 1 aliphatic carbocycles. The lowest BCUT2D eigenvalue weighted by molar-refractivity contribution is -0.138. The number of carbonyl (C=O) groups excluding carboxylic acids is 2. The van der Waals surface area contributed by atoms with Crippen LogP contribution in [-0.4, -0.2) is 34.7 Å². The monoisotopic (exact) mass is 496 g/mol. The summed E-state index contributed by atoms with van der Waals surface area (Å²) >= 11 is 0. The molecule has 0 unspecified atom stereocenters. The van der Waals surface area contributed by atoms with Crippen molar-refractivity contribution in [2.24, 2.45) is 5.92 Å². The van der Waals surface area contributed by atoms with Gasteiger partial charge in [0, 0.05) is 49.4 Å². The second-order valence-corrected chi connectivity index (χ2v) is 9.59. The lowest BCUT2D eigenvalue weighted by Gasteiger charge is -2.29. The van der Waals surface area contributed by atoms with Crippen LogP contribution < -0.4 is 0 Å². The second-order valence-electron chi connectivity index (χ2n) is 9.59. The van der Waals surface area contributed by atoms with Crippen molar-refractivity contribution < 1.29 is 22.8 Å². The molecule has 1 saturated carbocycles. The summed E-state index contributed by atoms with van der Waals surface area (Å²) in [5.74, 6) is 0.133. The number of benzene rings is 2. The zero-order chi connectivity index (χ0) is 25.9. The molecule has 0 saturated heterocycles. The third-order valence-corrected chi connectivity index (χ3v) is 7.06. The number of halogens is 3. The summed E-state index contributed by atoms with van der Waals surface area (Å²) in [5, 5.41) is 0. The second kappa shape index (κ2) is 10.7. The van der Waals surface area contributed by atoms with Crippen LogP contribution in [0.2, 0.25) is 0 Å². The fraction of sp³-hybridized carbons (Fsp3) is 0.379. The Morgan fingerprint density at radius 2 is 1.75 bits per heavy atom. The summed E-state index contributed by atoms with van der Waals surface area (Å²) < 4.78 is 41.4. The first-order valence-electron chi connectivity index (χ1n) is 12.3. The molecule has 1 fully saturated rings. The van der Waals surface area contributed by atoms with Gasteiger partial charge in [-0.1, -0.05) is 55.0 Å². The Bertz CT molecular complexity index is 1230. The van der Waals surface area contributed by atoms with Crippen LogP contribution in [-0.2, 0) is 23.9 Å². The zero-order valence-corrected chi connectivity index (χ0v) is 20.6. The molecule has 7 heteroatoms. The molecule has 0 spiro atoms. The van der Waals surface area contributed by atoms with Gasteiger partial charge in [0.05, 0.1) is 5.56 Å². The molecular weight excluding hydrogens is 465 g/mol. The first-order chi connectivity index (χ1) is 17.1. The van der Waals surface area contributed by atoms with E-state index in [0.717, 1.165) is 54.8 Å². The summed E-state index contributed by atoms with van der Waals surface area (Å²) in [6.07, 6.45) is -0.783. The molecule has 36 heavy (non-hydrogen) atoms. The Kier molecular flexibility index (Phi) is 7.67. The lowest BCUT2D eigenvalue weighted by Crippen LogP contribution is -2.37. The number of rotatable bonds is 9. The van der Waals surface area contributed by atoms with Crippen LogP contribution in [0.3, 0.4) is 0 Å². The molecule has 3 aromatic rings. The van der Waals surface area contributed by atoms with Crippen LogP contribution in [0, 0.1) is 12.8 Å². The van der Waals surface area contributed by atoms with Crippen LogP contribution in [0.5, 0.6) is 0 Å². The zero-order valence-electron chi connectivity index (χ0n) is 20.6. The molecule has 1 aliphatic rings. The summed E-state index contributed by atoms with van der Waals surface area (Å²) in [4.78, 5) is 27.5. The third-order valence-electron chi connectivity index (χ3n) is 7.06. The minimum Gasteiger partial charge on any atom is -0.345 e. The van der Waals surface area contributed by atoms with Gasteiger partial charge >= 0.3 is 6.18 Å². The van der Waals surface area contributed by atoms with E-state index < -0.39 is 11.7 Å². The summed E-state index contributed by atoms with van der Waals surface area (Å²) in [6.45, 7) is 3.11. The van der Waals surface area contributed by atoms with Crippen molar-refractivity contribution in [2.75, 3.05) is 13.6 Å². The highest BCUT2D eigenvalue weighted by Crippen LogP contribution is 2.31. The highest BCUT2D eigenvalue weighted by atomic mass is 19.4. The van der Waals surface area contributed by atoms with Crippen molar-refractivity contribution in [1.82, 2.24) is 9.47 Å². The predicted molar refractivity (Wildman–Crippen MR) is 134 cm³/mol. The quantitative estimate of drug-likeness (QED) is 0.315. The fourth-order valence-corrected chi connectivity index (χ4v) is 4.74. The number of Topliss-reactive ketones (excluding diaryl/α,β-unsaturated/α-hetero) is 1. The van der Waals surface area contributed by atoms with Gasteiger partial charge in [0.2, 0.25) is 5.91 Å². The average molecular weight is 497 g/mol. The van der Waals surface area contributed by atoms with Crippen molar-refractivity contribution in [3.63, 3.8) is 0 Å². The maximum absolute atomic E-state index is 13.2. The molecule has 4 nitrogen and oxygen atoms in total. The predicted octanol–water partition coefficient (Wildman–Crippen LogP) is 6.56. The molecule has 190 valence electrons. The Morgan fingerprint density at radius 1 is 1.03 bits per heavy atom. The van der Waals surface area contributed by atoms with E-state index >= 15 is 0 Å². The van der Waals surface area contributed by atoms with Crippen LogP contribution in [0.1, 0.15) is 52.9 Å². The Balaban J connectivity index is 1.54. The van der Waals surface area contributed by atoms with Gasteiger partial charge in [-0.3, -0.25) is 9.59 Å². The molecule has 0 bridgehead atoms. The van der Waals surface area contributed by atoms with E-state index in [1.165, 1.54) is 6.07 Å². The highest BCUT2D eigenvalue weighted by molar-refractivity contribution is 6.00. The highest BCUT2D eigenvalue weighted by Gasteiger charge is 2.31. The van der Waals surface area contributed by atoms with Gasteiger partial charge in [0.1, 0.15) is 0 Å².